The minimum absolute atomic E-state index is 0.00115. The summed E-state index contributed by atoms with van der Waals surface area (Å²) in [6.45, 7) is 5.50. The number of aromatic nitrogens is 3. The maximum Gasteiger partial charge on any atom is 0.321 e. The van der Waals surface area contributed by atoms with E-state index in [2.05, 4.69) is 39.0 Å². The molecule has 0 aliphatic carbocycles. The number of urea groups is 1. The minimum Gasteiger partial charge on any atom is -0.336 e. The highest BCUT2D eigenvalue weighted by Crippen LogP contribution is 2.22. The Morgan fingerprint density at radius 3 is 2.59 bits per heavy atom. The van der Waals surface area contributed by atoms with E-state index in [0.29, 0.717) is 17.4 Å². The number of nitrogen functional groups attached to an aromatic ring is 1. The highest BCUT2D eigenvalue weighted by molar-refractivity contribution is 7.99. The third kappa shape index (κ3) is 5.47. The van der Waals surface area contributed by atoms with Gasteiger partial charge in [0.15, 0.2) is 5.82 Å². The molecule has 0 spiro atoms. The number of rotatable bonds is 5. The lowest BCUT2D eigenvalue weighted by atomic mass is 10.0. The quantitative estimate of drug-likeness (QED) is 0.438. The van der Waals surface area contributed by atoms with Crippen LogP contribution in [0.25, 0.3) is 10.8 Å². The normalized spacial score (nSPS) is 11.4. The third-order valence-corrected chi connectivity index (χ3v) is 4.98. The first kappa shape index (κ1) is 20.7. The number of thioether (sulfide) groups is 1. The van der Waals surface area contributed by atoms with E-state index < -0.39 is 17.5 Å². The van der Waals surface area contributed by atoms with E-state index in [-0.39, 0.29) is 5.75 Å². The van der Waals surface area contributed by atoms with E-state index in [4.69, 9.17) is 5.84 Å². The number of imide groups is 1. The topological polar surface area (TPSA) is 115 Å². The highest BCUT2D eigenvalue weighted by atomic mass is 32.2. The van der Waals surface area contributed by atoms with Crippen molar-refractivity contribution in [1.82, 2.24) is 25.5 Å². The van der Waals surface area contributed by atoms with Crippen molar-refractivity contribution in [2.45, 2.75) is 37.9 Å². The summed E-state index contributed by atoms with van der Waals surface area (Å²) in [6, 6.07) is 13.7. The molecule has 29 heavy (non-hydrogen) atoms. The van der Waals surface area contributed by atoms with Crippen LogP contribution in [0.4, 0.5) is 4.79 Å². The van der Waals surface area contributed by atoms with Gasteiger partial charge in [-0.2, -0.15) is 0 Å². The molecular formula is C20H24N6O2S. The summed E-state index contributed by atoms with van der Waals surface area (Å²) in [6.07, 6.45) is 0.519. The zero-order chi connectivity index (χ0) is 21.0. The Bertz CT molecular complexity index is 1040. The molecule has 1 aromatic heterocycles. The van der Waals surface area contributed by atoms with Crippen molar-refractivity contribution in [2.75, 3.05) is 11.6 Å². The predicted octanol–water partition coefficient (Wildman–Crippen LogP) is 2.45. The van der Waals surface area contributed by atoms with Gasteiger partial charge in [0, 0.05) is 12.0 Å². The van der Waals surface area contributed by atoms with Crippen LogP contribution in [0.1, 0.15) is 32.2 Å². The molecule has 0 saturated carbocycles. The van der Waals surface area contributed by atoms with E-state index in [1.165, 1.54) is 4.68 Å². The summed E-state index contributed by atoms with van der Waals surface area (Å²) in [7, 11) is 0. The third-order valence-electron chi connectivity index (χ3n) is 4.04. The van der Waals surface area contributed by atoms with Gasteiger partial charge in [0.2, 0.25) is 11.1 Å². The van der Waals surface area contributed by atoms with Crippen molar-refractivity contribution in [1.29, 1.82) is 0 Å². The van der Waals surface area contributed by atoms with E-state index in [0.717, 1.165) is 28.1 Å². The number of carbonyl (C=O) groups excluding carboxylic acids is 2. The largest absolute Gasteiger partial charge is 0.336 e. The second kappa shape index (κ2) is 8.52. The number of benzene rings is 2. The van der Waals surface area contributed by atoms with Gasteiger partial charge in [-0.3, -0.25) is 10.1 Å². The van der Waals surface area contributed by atoms with Crippen LogP contribution in [0.5, 0.6) is 0 Å². The van der Waals surface area contributed by atoms with Gasteiger partial charge in [-0.1, -0.05) is 54.2 Å². The smallest absolute Gasteiger partial charge is 0.321 e. The minimum atomic E-state index is -0.533. The Hall–Kier alpha value is -3.07. The molecule has 1 heterocycles. The number of nitrogens with one attached hydrogen (secondary N) is 2. The van der Waals surface area contributed by atoms with Crippen LogP contribution in [0.3, 0.4) is 0 Å². The molecule has 152 valence electrons. The summed E-state index contributed by atoms with van der Waals surface area (Å²) in [5.41, 5.74) is 0.668. The first-order valence-corrected chi connectivity index (χ1v) is 10.1. The van der Waals surface area contributed by atoms with Crippen molar-refractivity contribution < 1.29 is 9.59 Å². The SMILES string of the molecule is CC(C)(C)NC(=O)NC(=O)CSc1nnc(Cc2cccc3ccccc23)n1N. The van der Waals surface area contributed by atoms with Crippen molar-refractivity contribution in [3.8, 4) is 0 Å². The Labute approximate surface area is 173 Å². The number of nitrogens with zero attached hydrogens (tertiary/aromatic N) is 3. The Balaban J connectivity index is 1.62. The Morgan fingerprint density at radius 1 is 1.10 bits per heavy atom. The zero-order valence-corrected chi connectivity index (χ0v) is 17.4. The highest BCUT2D eigenvalue weighted by Gasteiger charge is 2.17. The lowest BCUT2D eigenvalue weighted by molar-refractivity contribution is -0.117. The standard InChI is InChI=1S/C20H24N6O2S/c1-20(2,3)23-18(28)22-17(27)12-29-19-25-24-16(26(19)21)11-14-9-6-8-13-7-4-5-10-15(13)14/h4-10H,11-12,21H2,1-3H3,(H2,22,23,27,28). The fraction of sp³-hybridized carbons (Fsp3) is 0.300. The maximum atomic E-state index is 12.0. The molecule has 3 amide bonds. The first-order valence-electron chi connectivity index (χ1n) is 9.14. The van der Waals surface area contributed by atoms with Crippen molar-refractivity contribution >= 4 is 34.5 Å². The molecule has 8 nitrogen and oxygen atoms in total. The summed E-state index contributed by atoms with van der Waals surface area (Å²) in [4.78, 5) is 23.7. The zero-order valence-electron chi connectivity index (χ0n) is 16.6. The molecule has 0 bridgehead atoms. The van der Waals surface area contributed by atoms with Crippen LogP contribution in [0.15, 0.2) is 47.6 Å². The average Bonchev–Trinajstić information content (AvgIpc) is 2.98. The van der Waals surface area contributed by atoms with Crippen LogP contribution in [0, 0.1) is 0 Å². The molecular weight excluding hydrogens is 388 g/mol. The molecule has 0 saturated heterocycles. The van der Waals surface area contributed by atoms with Crippen molar-refractivity contribution in [3.63, 3.8) is 0 Å². The molecule has 0 atom stereocenters. The van der Waals surface area contributed by atoms with E-state index in [9.17, 15) is 9.59 Å². The van der Waals surface area contributed by atoms with Crippen LogP contribution >= 0.6 is 11.8 Å². The molecule has 3 aromatic rings. The number of hydrogen-bond donors (Lipinski definition) is 3. The van der Waals surface area contributed by atoms with E-state index in [1.807, 2.05) is 45.0 Å². The number of hydrogen-bond acceptors (Lipinski definition) is 6. The molecule has 0 fully saturated rings. The second-order valence-corrected chi connectivity index (χ2v) is 8.57. The summed E-state index contributed by atoms with van der Waals surface area (Å²) < 4.78 is 1.38. The number of nitrogens with two attached hydrogens (primary N) is 1. The van der Waals surface area contributed by atoms with E-state index >= 15 is 0 Å². The van der Waals surface area contributed by atoms with Gasteiger partial charge in [0.05, 0.1) is 5.75 Å². The van der Waals surface area contributed by atoms with Gasteiger partial charge in [-0.25, -0.2) is 9.47 Å². The molecule has 0 radical (unpaired) electrons. The summed E-state index contributed by atoms with van der Waals surface area (Å²) >= 11 is 1.12. The van der Waals surface area contributed by atoms with Crippen LogP contribution < -0.4 is 16.5 Å². The summed E-state index contributed by atoms with van der Waals surface area (Å²) in [5, 5.41) is 15.9. The van der Waals surface area contributed by atoms with Crippen LogP contribution in [-0.4, -0.2) is 38.1 Å². The molecule has 2 aromatic carbocycles. The lowest BCUT2D eigenvalue weighted by Gasteiger charge is -2.20. The van der Waals surface area contributed by atoms with Gasteiger partial charge < -0.3 is 11.2 Å². The molecule has 0 aliphatic heterocycles. The van der Waals surface area contributed by atoms with Gasteiger partial charge in [-0.15, -0.1) is 10.2 Å². The molecule has 4 N–H and O–H groups in total. The first-order chi connectivity index (χ1) is 13.7. The fourth-order valence-corrected chi connectivity index (χ4v) is 3.48. The van der Waals surface area contributed by atoms with Crippen LogP contribution in [0.2, 0.25) is 0 Å². The molecule has 3 rings (SSSR count). The second-order valence-electron chi connectivity index (χ2n) is 7.62. The predicted molar refractivity (Wildman–Crippen MR) is 114 cm³/mol. The van der Waals surface area contributed by atoms with Gasteiger partial charge in [0.1, 0.15) is 0 Å². The van der Waals surface area contributed by atoms with Gasteiger partial charge in [-0.05, 0) is 37.1 Å². The van der Waals surface area contributed by atoms with Gasteiger partial charge >= 0.3 is 6.03 Å². The van der Waals surface area contributed by atoms with Crippen molar-refractivity contribution in [2.24, 2.45) is 0 Å². The monoisotopic (exact) mass is 412 g/mol. The fourth-order valence-electron chi connectivity index (χ4n) is 2.81. The number of amides is 3. The van der Waals surface area contributed by atoms with Gasteiger partial charge in [0.25, 0.3) is 0 Å². The Kier molecular flexibility index (Phi) is 6.07. The van der Waals surface area contributed by atoms with E-state index in [1.54, 1.807) is 0 Å². The summed E-state index contributed by atoms with van der Waals surface area (Å²) in [5.74, 6) is 6.28. The van der Waals surface area contributed by atoms with Crippen LogP contribution in [-0.2, 0) is 11.2 Å². The van der Waals surface area contributed by atoms with Crippen molar-refractivity contribution in [3.05, 3.63) is 53.9 Å². The number of fused-ring (bicyclic) bond motifs is 1. The average molecular weight is 413 g/mol. The maximum absolute atomic E-state index is 12.0. The number of carbonyl (C=O) groups is 2. The Morgan fingerprint density at radius 2 is 1.83 bits per heavy atom. The molecule has 0 unspecified atom stereocenters. The molecule has 0 aliphatic rings. The lowest BCUT2D eigenvalue weighted by Crippen LogP contribution is -2.48. The molecule has 9 heteroatoms.